The van der Waals surface area contributed by atoms with Crippen molar-refractivity contribution in [3.05, 3.63) is 69.8 Å². The number of nitro benzene ring substituents is 1. The van der Waals surface area contributed by atoms with Crippen LogP contribution in [0.3, 0.4) is 0 Å². The Hall–Kier alpha value is -3.02. The molecule has 124 valence electrons. The van der Waals surface area contributed by atoms with Crippen LogP contribution in [0.4, 0.5) is 11.4 Å². The van der Waals surface area contributed by atoms with Crippen molar-refractivity contribution < 1.29 is 14.5 Å². The van der Waals surface area contributed by atoms with E-state index in [1.54, 1.807) is 56.3 Å². The Balaban J connectivity index is 2.28. The third-order valence-electron chi connectivity index (χ3n) is 3.89. The molecular formula is C18H18N2O4. The highest BCUT2D eigenvalue weighted by molar-refractivity contribution is 6.00. The summed E-state index contributed by atoms with van der Waals surface area (Å²) in [6.07, 6.45) is 0. The molecule has 0 spiro atoms. The Morgan fingerprint density at radius 3 is 2.17 bits per heavy atom. The summed E-state index contributed by atoms with van der Waals surface area (Å²) in [4.78, 5) is 34.6. The summed E-state index contributed by atoms with van der Waals surface area (Å²) < 4.78 is 0. The number of carbonyl (C=O) groups excluding carboxylic acids is 2. The van der Waals surface area contributed by atoms with Gasteiger partial charge in [0.1, 0.15) is 0 Å². The number of Topliss-reactive ketones (excluding diaryl/α,β-unsaturated/α-hetero) is 1. The molecule has 0 aliphatic carbocycles. The Bertz CT molecular complexity index is 795. The maximum absolute atomic E-state index is 12.6. The van der Waals surface area contributed by atoms with E-state index in [-0.39, 0.29) is 17.4 Å². The third kappa shape index (κ3) is 3.48. The second-order valence-electron chi connectivity index (χ2n) is 5.99. The molecule has 6 heteroatoms. The van der Waals surface area contributed by atoms with E-state index >= 15 is 0 Å². The number of rotatable bonds is 5. The molecular weight excluding hydrogens is 308 g/mol. The summed E-state index contributed by atoms with van der Waals surface area (Å²) in [5, 5.41) is 13.9. The van der Waals surface area contributed by atoms with E-state index in [4.69, 9.17) is 0 Å². The fraction of sp³-hybridized carbons (Fsp3) is 0.222. The molecule has 2 rings (SSSR count). The highest BCUT2D eigenvalue weighted by atomic mass is 16.6. The van der Waals surface area contributed by atoms with Gasteiger partial charge in [0.05, 0.1) is 10.3 Å². The molecule has 1 N–H and O–H groups in total. The van der Waals surface area contributed by atoms with Crippen LogP contribution < -0.4 is 5.32 Å². The van der Waals surface area contributed by atoms with Crippen LogP contribution in [-0.2, 0) is 10.2 Å². The van der Waals surface area contributed by atoms with Gasteiger partial charge in [0, 0.05) is 22.9 Å². The van der Waals surface area contributed by atoms with Gasteiger partial charge in [0.15, 0.2) is 5.78 Å². The minimum Gasteiger partial charge on any atom is -0.325 e. The van der Waals surface area contributed by atoms with Gasteiger partial charge >= 0.3 is 0 Å². The number of anilines is 1. The number of benzene rings is 2. The lowest BCUT2D eigenvalue weighted by Gasteiger charge is -2.24. The molecule has 0 radical (unpaired) electrons. The van der Waals surface area contributed by atoms with E-state index in [0.29, 0.717) is 16.8 Å². The van der Waals surface area contributed by atoms with Crippen molar-refractivity contribution in [2.45, 2.75) is 26.2 Å². The number of para-hydroxylation sites is 1. The Kier molecular flexibility index (Phi) is 4.78. The SMILES string of the molecule is CC(=O)c1ccc(NC(=O)C(C)(C)c2ccccc2[N+](=O)[O-])cc1. The average molecular weight is 326 g/mol. The summed E-state index contributed by atoms with van der Waals surface area (Å²) in [7, 11) is 0. The van der Waals surface area contributed by atoms with E-state index in [0.717, 1.165) is 0 Å². The Morgan fingerprint density at radius 2 is 1.62 bits per heavy atom. The maximum Gasteiger partial charge on any atom is 0.273 e. The molecule has 1 amide bonds. The summed E-state index contributed by atoms with van der Waals surface area (Å²) in [6, 6.07) is 12.7. The van der Waals surface area contributed by atoms with E-state index < -0.39 is 10.3 Å². The van der Waals surface area contributed by atoms with Gasteiger partial charge in [-0.05, 0) is 45.0 Å². The predicted molar refractivity (Wildman–Crippen MR) is 91.2 cm³/mol. The van der Waals surface area contributed by atoms with E-state index in [2.05, 4.69) is 5.32 Å². The average Bonchev–Trinajstić information content (AvgIpc) is 2.55. The van der Waals surface area contributed by atoms with Gasteiger partial charge < -0.3 is 5.32 Å². The standard InChI is InChI=1S/C18H18N2O4/c1-12(21)13-8-10-14(11-9-13)19-17(22)18(2,3)15-6-4-5-7-16(15)20(23)24/h4-11H,1-3H3,(H,19,22). The van der Waals surface area contributed by atoms with Gasteiger partial charge in [-0.3, -0.25) is 19.7 Å². The molecule has 0 heterocycles. The van der Waals surface area contributed by atoms with E-state index in [9.17, 15) is 19.7 Å². The van der Waals surface area contributed by atoms with Crippen molar-refractivity contribution in [3.63, 3.8) is 0 Å². The summed E-state index contributed by atoms with van der Waals surface area (Å²) in [5.74, 6) is -0.430. The number of carbonyl (C=O) groups is 2. The smallest absolute Gasteiger partial charge is 0.273 e. The lowest BCUT2D eigenvalue weighted by atomic mass is 9.82. The lowest BCUT2D eigenvalue weighted by Crippen LogP contribution is -2.35. The molecule has 6 nitrogen and oxygen atoms in total. The second-order valence-corrected chi connectivity index (χ2v) is 5.99. The number of hydrogen-bond donors (Lipinski definition) is 1. The van der Waals surface area contributed by atoms with Crippen molar-refractivity contribution in [2.75, 3.05) is 5.32 Å². The monoisotopic (exact) mass is 326 g/mol. The Morgan fingerprint density at radius 1 is 1.04 bits per heavy atom. The molecule has 0 aliphatic heterocycles. The van der Waals surface area contributed by atoms with Gasteiger partial charge in [-0.25, -0.2) is 0 Å². The second kappa shape index (κ2) is 6.62. The zero-order chi connectivity index (χ0) is 17.9. The number of nitrogens with one attached hydrogen (secondary N) is 1. The van der Waals surface area contributed by atoms with Crippen LogP contribution in [-0.4, -0.2) is 16.6 Å². The molecule has 0 unspecified atom stereocenters. The van der Waals surface area contributed by atoms with Crippen molar-refractivity contribution in [3.8, 4) is 0 Å². The minimum absolute atomic E-state index is 0.0619. The number of ketones is 1. The van der Waals surface area contributed by atoms with Crippen molar-refractivity contribution in [1.82, 2.24) is 0 Å². The first-order valence-corrected chi connectivity index (χ1v) is 7.40. The molecule has 24 heavy (non-hydrogen) atoms. The summed E-state index contributed by atoms with van der Waals surface area (Å²) >= 11 is 0. The van der Waals surface area contributed by atoms with Crippen LogP contribution >= 0.6 is 0 Å². The first kappa shape index (κ1) is 17.3. The first-order valence-electron chi connectivity index (χ1n) is 7.40. The van der Waals surface area contributed by atoms with Crippen LogP contribution in [0, 0.1) is 10.1 Å². The topological polar surface area (TPSA) is 89.3 Å². The van der Waals surface area contributed by atoms with Gasteiger partial charge in [-0.2, -0.15) is 0 Å². The highest BCUT2D eigenvalue weighted by Crippen LogP contribution is 2.32. The molecule has 0 bridgehead atoms. The van der Waals surface area contributed by atoms with Crippen LogP contribution in [0.15, 0.2) is 48.5 Å². The quantitative estimate of drug-likeness (QED) is 0.515. The molecule has 0 atom stereocenters. The number of nitrogens with zero attached hydrogens (tertiary/aromatic N) is 1. The summed E-state index contributed by atoms with van der Waals surface area (Å²) in [6.45, 7) is 4.73. The largest absolute Gasteiger partial charge is 0.325 e. The maximum atomic E-state index is 12.6. The third-order valence-corrected chi connectivity index (χ3v) is 3.89. The predicted octanol–water partition coefficient (Wildman–Crippen LogP) is 3.71. The number of amides is 1. The first-order chi connectivity index (χ1) is 11.2. The molecule has 0 saturated heterocycles. The van der Waals surface area contributed by atoms with E-state index in [1.165, 1.54) is 13.0 Å². The lowest BCUT2D eigenvalue weighted by molar-refractivity contribution is -0.385. The highest BCUT2D eigenvalue weighted by Gasteiger charge is 2.35. The van der Waals surface area contributed by atoms with Gasteiger partial charge in [0.2, 0.25) is 5.91 Å². The normalized spacial score (nSPS) is 11.0. The summed E-state index contributed by atoms with van der Waals surface area (Å²) in [5.41, 5.74) is 0.225. The van der Waals surface area contributed by atoms with Crippen LogP contribution in [0.5, 0.6) is 0 Å². The molecule has 0 aliphatic rings. The van der Waals surface area contributed by atoms with Crippen molar-refractivity contribution in [1.29, 1.82) is 0 Å². The molecule has 2 aromatic carbocycles. The van der Waals surface area contributed by atoms with Crippen molar-refractivity contribution in [2.24, 2.45) is 0 Å². The fourth-order valence-electron chi connectivity index (χ4n) is 2.36. The van der Waals surface area contributed by atoms with Gasteiger partial charge in [-0.15, -0.1) is 0 Å². The Labute approximate surface area is 139 Å². The minimum atomic E-state index is -1.09. The number of hydrogen-bond acceptors (Lipinski definition) is 4. The van der Waals surface area contributed by atoms with Crippen LogP contribution in [0.2, 0.25) is 0 Å². The zero-order valence-electron chi connectivity index (χ0n) is 13.7. The zero-order valence-corrected chi connectivity index (χ0v) is 13.7. The van der Waals surface area contributed by atoms with E-state index in [1.807, 2.05) is 0 Å². The molecule has 0 saturated carbocycles. The van der Waals surface area contributed by atoms with Gasteiger partial charge in [0.25, 0.3) is 5.69 Å². The molecule has 2 aromatic rings. The van der Waals surface area contributed by atoms with Crippen LogP contribution in [0.25, 0.3) is 0 Å². The number of nitro groups is 1. The molecule has 0 aromatic heterocycles. The molecule has 0 fully saturated rings. The van der Waals surface area contributed by atoms with Crippen LogP contribution in [0.1, 0.15) is 36.7 Å². The fourth-order valence-corrected chi connectivity index (χ4v) is 2.36. The van der Waals surface area contributed by atoms with Crippen molar-refractivity contribution >= 4 is 23.1 Å². The van der Waals surface area contributed by atoms with Gasteiger partial charge in [-0.1, -0.05) is 18.2 Å².